The molecule has 0 saturated heterocycles. The molecular weight excluding hydrogens is 1600 g/mol. The Labute approximate surface area is 797 Å². The number of aromatic nitrogens is 5. The van der Waals surface area contributed by atoms with E-state index in [0.29, 0.717) is 11.6 Å². The summed E-state index contributed by atoms with van der Waals surface area (Å²) < 4.78 is 0. The van der Waals surface area contributed by atoms with Crippen LogP contribution in [0.25, 0.3) is 123 Å². The van der Waals surface area contributed by atoms with E-state index in [0.717, 1.165) is 69.3 Å². The summed E-state index contributed by atoms with van der Waals surface area (Å²) in [6, 6.07) is 89.5. The lowest BCUT2D eigenvalue weighted by Gasteiger charge is -2.33. The summed E-state index contributed by atoms with van der Waals surface area (Å²) >= 11 is 0. The van der Waals surface area contributed by atoms with Crippen molar-refractivity contribution in [3.05, 3.63) is 292 Å². The summed E-state index contributed by atoms with van der Waals surface area (Å²) in [7, 11) is 0. The highest BCUT2D eigenvalue weighted by Crippen LogP contribution is 2.59. The van der Waals surface area contributed by atoms with E-state index < -0.39 is 0 Å². The van der Waals surface area contributed by atoms with Crippen LogP contribution in [0, 0.1) is 27.7 Å². The molecule has 15 rings (SSSR count). The van der Waals surface area contributed by atoms with E-state index in [1.54, 1.807) is 22.3 Å². The van der Waals surface area contributed by atoms with E-state index in [-0.39, 0.29) is 10.8 Å². The fourth-order valence-electron chi connectivity index (χ4n) is 21.6. The molecule has 2 aliphatic carbocycles. The fraction of sp³-hybridized carbons (Fsp3) is 0.441. The maximum Gasteiger partial charge on any atom is 0.164 e. The summed E-state index contributed by atoms with van der Waals surface area (Å²) in [5.74, 6) is 2.90. The lowest BCUT2D eigenvalue weighted by atomic mass is 9.69. The van der Waals surface area contributed by atoms with Crippen LogP contribution in [-0.2, 0) is 23.7 Å². The Kier molecular flexibility index (Phi) is 37.2. The quantitative estimate of drug-likeness (QED) is 0.0356. The predicted octanol–water partition coefficient (Wildman–Crippen LogP) is 38.2. The van der Waals surface area contributed by atoms with Gasteiger partial charge < -0.3 is 0 Å². The fourth-order valence-corrected chi connectivity index (χ4v) is 21.6. The molecule has 0 radical (unpaired) electrons. The van der Waals surface area contributed by atoms with Gasteiger partial charge in [-0.25, -0.2) is 24.9 Å². The zero-order chi connectivity index (χ0) is 91.7. The van der Waals surface area contributed by atoms with Crippen molar-refractivity contribution in [3.8, 4) is 113 Å². The molecule has 11 aromatic carbocycles. The second-order valence-electron chi connectivity index (χ2n) is 39.8. The molecular formula is C127H157N5. The topological polar surface area (TPSA) is 64.5 Å². The highest BCUT2D eigenvalue weighted by atomic mass is 15.0. The first-order valence-electron chi connectivity index (χ1n) is 53.0. The van der Waals surface area contributed by atoms with Crippen molar-refractivity contribution < 1.29 is 0 Å². The summed E-state index contributed by atoms with van der Waals surface area (Å²) in [6.07, 6.45) is 57.6. The van der Waals surface area contributed by atoms with Gasteiger partial charge in [0.1, 0.15) is 0 Å². The van der Waals surface area contributed by atoms with E-state index in [2.05, 4.69) is 306 Å². The first-order valence-corrected chi connectivity index (χ1v) is 53.0. The van der Waals surface area contributed by atoms with Crippen molar-refractivity contribution in [3.63, 3.8) is 0 Å². The summed E-state index contributed by atoms with van der Waals surface area (Å²) in [6.45, 7) is 22.7. The van der Waals surface area contributed by atoms with Crippen LogP contribution in [0.1, 0.15) is 367 Å². The normalized spacial score (nSPS) is 12.7. The van der Waals surface area contributed by atoms with Gasteiger partial charge in [-0.1, -0.05) is 508 Å². The Morgan fingerprint density at radius 3 is 0.894 bits per heavy atom. The Balaban J connectivity index is 0.000000212. The second kappa shape index (κ2) is 50.2. The van der Waals surface area contributed by atoms with Crippen LogP contribution in [0.4, 0.5) is 0 Å². The Morgan fingerprint density at radius 1 is 0.205 bits per heavy atom. The van der Waals surface area contributed by atoms with Crippen LogP contribution in [-0.4, -0.2) is 24.9 Å². The number of hydrogen-bond donors (Lipinski definition) is 0. The first-order chi connectivity index (χ1) is 64.8. The standard InChI is InChI=1S/C64H83N3.C63H74N2/c1-6-9-12-15-18-19-20-21-22-25-28-51-32-36-54(37-33-51)62-65-61(53-34-29-49(4)30-35-53)66-63(67-62)55-40-38-52(39-41-55)56-42-44-58-57-43-31-50(5)47-59(57)64(60(58)48-56,45-26-23-16-13-10-7-2)46-27-24-17-14-11-8-3;1-6-9-12-15-17-22-41-63(42-23-18-16-13-10-7-2)57-44-53(39-40-56(57)61-55-26-21-20-25-54(55)47(5)43-58(61)63)49-35-37-51(38-36-49)60-45-59(50-31-27-46(4)28-32-50)64-62(65-60)52-33-29-48(30-34-52)24-19-14-11-8-3/h29-44,47-48H,6-28,45-46H2,1-5H3;20-21,25-40,43-45H,6-19,22-24,41-42H2,1-5H3. The molecule has 0 spiro atoms. The monoisotopic (exact) mass is 1750 g/mol. The molecule has 0 bridgehead atoms. The highest BCUT2D eigenvalue weighted by Gasteiger charge is 2.45. The van der Waals surface area contributed by atoms with Gasteiger partial charge in [0.2, 0.25) is 0 Å². The van der Waals surface area contributed by atoms with Gasteiger partial charge in [0.25, 0.3) is 0 Å². The van der Waals surface area contributed by atoms with Crippen molar-refractivity contribution in [1.82, 2.24) is 24.9 Å². The van der Waals surface area contributed by atoms with Crippen LogP contribution in [0.15, 0.2) is 237 Å². The molecule has 0 atom stereocenters. The molecule has 5 nitrogen and oxygen atoms in total. The molecule has 0 unspecified atom stereocenters. The van der Waals surface area contributed by atoms with Gasteiger partial charge in [0.15, 0.2) is 23.3 Å². The third-order valence-electron chi connectivity index (χ3n) is 29.5. The van der Waals surface area contributed by atoms with E-state index in [4.69, 9.17) is 24.9 Å². The van der Waals surface area contributed by atoms with Crippen molar-refractivity contribution in [2.24, 2.45) is 0 Å². The average Bonchev–Trinajstić information content (AvgIpc) is 1.54. The Bertz CT molecular complexity index is 5680. The number of aryl methyl sites for hydroxylation is 6. The third kappa shape index (κ3) is 25.4. The average molecular weight is 1750 g/mol. The lowest BCUT2D eigenvalue weighted by Crippen LogP contribution is -2.26. The van der Waals surface area contributed by atoms with Gasteiger partial charge in [-0.2, -0.15) is 0 Å². The molecule has 2 aliphatic rings. The van der Waals surface area contributed by atoms with Gasteiger partial charge >= 0.3 is 0 Å². The zero-order valence-electron chi connectivity index (χ0n) is 82.9. The van der Waals surface area contributed by atoms with Crippen molar-refractivity contribution in [1.29, 1.82) is 0 Å². The van der Waals surface area contributed by atoms with Crippen LogP contribution in [0.3, 0.4) is 0 Å². The molecule has 132 heavy (non-hydrogen) atoms. The highest BCUT2D eigenvalue weighted by molar-refractivity contribution is 6.04. The SMILES string of the molecule is CCCCCCCCC1(CCCCCCCC)c2cc(-c3ccc(-c4cc(-c5ccc(C)cc5)nc(-c5ccc(CCCCCC)cc5)n4)cc3)ccc2-c2c1cc(C)c1ccccc21.CCCCCCCCCCCCc1ccc(-c2nc(-c3ccc(C)cc3)nc(-c3ccc(-c4ccc5c(c4)C(CCCCCCCC)(CCCCCCCC)c4cc(C)ccc4-5)cc3)n2)cc1. The van der Waals surface area contributed by atoms with Crippen LogP contribution in [0.5, 0.6) is 0 Å². The maximum absolute atomic E-state index is 5.25. The number of benzene rings is 11. The van der Waals surface area contributed by atoms with Gasteiger partial charge in [0.05, 0.1) is 11.4 Å². The molecule has 0 N–H and O–H groups in total. The molecule has 0 saturated carbocycles. The number of rotatable bonds is 52. The van der Waals surface area contributed by atoms with Crippen LogP contribution < -0.4 is 0 Å². The largest absolute Gasteiger partial charge is 0.228 e. The van der Waals surface area contributed by atoms with Crippen molar-refractivity contribution in [2.45, 2.75) is 363 Å². The molecule has 13 aromatic rings. The van der Waals surface area contributed by atoms with Gasteiger partial charge in [-0.15, -0.1) is 0 Å². The van der Waals surface area contributed by atoms with Crippen molar-refractivity contribution >= 4 is 10.8 Å². The summed E-state index contributed by atoms with van der Waals surface area (Å²) in [5.41, 5.74) is 33.5. The number of nitrogens with zero attached hydrogens (tertiary/aromatic N) is 5. The Morgan fingerprint density at radius 2 is 0.485 bits per heavy atom. The zero-order valence-corrected chi connectivity index (χ0v) is 82.9. The smallest absolute Gasteiger partial charge is 0.164 e. The molecule has 5 heteroatoms. The summed E-state index contributed by atoms with van der Waals surface area (Å²) in [4.78, 5) is 25.8. The van der Waals surface area contributed by atoms with Gasteiger partial charge in [-0.05, 0) is 191 Å². The Hall–Kier alpha value is -10.2. The van der Waals surface area contributed by atoms with Gasteiger partial charge in [0, 0.05) is 44.2 Å². The lowest BCUT2D eigenvalue weighted by molar-refractivity contribution is 0.398. The van der Waals surface area contributed by atoms with E-state index in [1.807, 2.05) is 0 Å². The third-order valence-corrected chi connectivity index (χ3v) is 29.5. The van der Waals surface area contributed by atoms with Crippen molar-refractivity contribution in [2.75, 3.05) is 0 Å². The molecule has 0 fully saturated rings. The van der Waals surface area contributed by atoms with E-state index in [1.165, 1.54) is 358 Å². The minimum Gasteiger partial charge on any atom is -0.228 e. The molecule has 2 heterocycles. The van der Waals surface area contributed by atoms with Crippen LogP contribution in [0.2, 0.25) is 0 Å². The second-order valence-corrected chi connectivity index (χ2v) is 39.8. The molecule has 0 amide bonds. The molecule has 0 aliphatic heterocycles. The number of hydrogen-bond acceptors (Lipinski definition) is 5. The van der Waals surface area contributed by atoms with E-state index in [9.17, 15) is 0 Å². The van der Waals surface area contributed by atoms with Gasteiger partial charge in [-0.3, -0.25) is 0 Å². The van der Waals surface area contributed by atoms with Crippen LogP contribution >= 0.6 is 0 Å². The van der Waals surface area contributed by atoms with E-state index >= 15 is 0 Å². The number of unbranched alkanes of at least 4 members (excludes halogenated alkanes) is 32. The first kappa shape index (κ1) is 97.8. The molecule has 690 valence electrons. The minimum absolute atomic E-state index is 0.0158. The summed E-state index contributed by atoms with van der Waals surface area (Å²) in [5, 5.41) is 2.81. The predicted molar refractivity (Wildman–Crippen MR) is 570 cm³/mol. The number of fused-ring (bicyclic) bond motifs is 8. The minimum atomic E-state index is 0.0158. The maximum atomic E-state index is 5.25. The molecule has 2 aromatic heterocycles.